The molecular weight excluding hydrogens is 244 g/mol. The van der Waals surface area contributed by atoms with E-state index in [2.05, 4.69) is 59.4 Å². The Bertz CT molecular complexity index is 691. The average Bonchev–Trinajstić information content (AvgIpc) is 2.51. The molecule has 0 radical (unpaired) electrons. The van der Waals surface area contributed by atoms with E-state index >= 15 is 0 Å². The molecule has 2 aromatic carbocycles. The van der Waals surface area contributed by atoms with Crippen molar-refractivity contribution in [3.05, 3.63) is 83.7 Å². The maximum absolute atomic E-state index is 4.32. The van der Waals surface area contributed by atoms with Crippen LogP contribution in [0, 0.1) is 6.92 Å². The van der Waals surface area contributed by atoms with Crippen molar-refractivity contribution in [2.75, 3.05) is 0 Å². The molecule has 1 heterocycles. The normalized spacial score (nSPS) is 10.4. The third-order valence-electron chi connectivity index (χ3n) is 3.41. The van der Waals surface area contributed by atoms with Crippen molar-refractivity contribution in [3.63, 3.8) is 0 Å². The summed E-state index contributed by atoms with van der Waals surface area (Å²) in [5, 5.41) is 0. The van der Waals surface area contributed by atoms with E-state index in [0.717, 1.165) is 17.8 Å². The molecule has 2 heteroatoms. The number of hydrogen-bond donors (Lipinski definition) is 0. The lowest BCUT2D eigenvalue weighted by Crippen LogP contribution is -1.94. The Morgan fingerprint density at radius 3 is 2.35 bits per heavy atom. The van der Waals surface area contributed by atoms with Crippen LogP contribution in [0.2, 0.25) is 0 Å². The first kappa shape index (κ1) is 12.5. The quantitative estimate of drug-likeness (QED) is 0.710. The fraction of sp³-hybridized carbons (Fsp3) is 0.111. The maximum atomic E-state index is 4.32. The monoisotopic (exact) mass is 260 g/mol. The van der Waals surface area contributed by atoms with Crippen LogP contribution < -0.4 is 0 Å². The summed E-state index contributed by atoms with van der Waals surface area (Å²) in [7, 11) is 0. The molecule has 0 atom stereocenters. The molecule has 20 heavy (non-hydrogen) atoms. The van der Waals surface area contributed by atoms with Gasteiger partial charge in [0.15, 0.2) is 5.82 Å². The molecule has 0 fully saturated rings. The van der Waals surface area contributed by atoms with Crippen molar-refractivity contribution >= 4 is 0 Å². The molecule has 98 valence electrons. The second-order valence-electron chi connectivity index (χ2n) is 4.88. The molecule has 0 spiro atoms. The highest BCUT2D eigenvalue weighted by Gasteiger charge is 2.05. The van der Waals surface area contributed by atoms with Crippen LogP contribution in [0.25, 0.3) is 11.4 Å². The zero-order valence-electron chi connectivity index (χ0n) is 11.5. The lowest BCUT2D eigenvalue weighted by molar-refractivity contribution is 1.14. The molecule has 0 bridgehead atoms. The van der Waals surface area contributed by atoms with E-state index in [4.69, 9.17) is 0 Å². The van der Waals surface area contributed by atoms with E-state index in [-0.39, 0.29) is 0 Å². The summed E-state index contributed by atoms with van der Waals surface area (Å²) in [6.45, 7) is 2.15. The van der Waals surface area contributed by atoms with Gasteiger partial charge in [0.1, 0.15) is 0 Å². The van der Waals surface area contributed by atoms with Crippen molar-refractivity contribution in [2.45, 2.75) is 13.3 Å². The molecule has 0 saturated carbocycles. The number of aryl methyl sites for hydroxylation is 1. The fourth-order valence-electron chi connectivity index (χ4n) is 2.26. The van der Waals surface area contributed by atoms with Gasteiger partial charge in [0, 0.05) is 18.0 Å². The molecule has 3 rings (SSSR count). The first-order valence-corrected chi connectivity index (χ1v) is 6.74. The van der Waals surface area contributed by atoms with Gasteiger partial charge in [-0.2, -0.15) is 0 Å². The summed E-state index contributed by atoms with van der Waals surface area (Å²) in [4.78, 5) is 8.63. The summed E-state index contributed by atoms with van der Waals surface area (Å²) in [6, 6.07) is 18.8. The first-order chi connectivity index (χ1) is 9.83. The predicted molar refractivity (Wildman–Crippen MR) is 81.5 cm³/mol. The van der Waals surface area contributed by atoms with Gasteiger partial charge in [-0.25, -0.2) is 9.97 Å². The number of nitrogens with zero attached hydrogens (tertiary/aromatic N) is 2. The van der Waals surface area contributed by atoms with Gasteiger partial charge in [0.05, 0.1) is 0 Å². The van der Waals surface area contributed by atoms with Crippen molar-refractivity contribution in [2.24, 2.45) is 0 Å². The topological polar surface area (TPSA) is 25.8 Å². The minimum Gasteiger partial charge on any atom is -0.237 e. The summed E-state index contributed by atoms with van der Waals surface area (Å²) in [5.74, 6) is 0.779. The standard InChI is InChI=1S/C18H16N2/c1-14-8-9-16(18-19-10-5-11-20-18)13-17(14)12-15-6-3-2-4-7-15/h2-11,13H,12H2,1H3. The van der Waals surface area contributed by atoms with Gasteiger partial charge in [-0.3, -0.25) is 0 Å². The van der Waals surface area contributed by atoms with E-state index in [1.54, 1.807) is 12.4 Å². The Morgan fingerprint density at radius 2 is 1.60 bits per heavy atom. The van der Waals surface area contributed by atoms with Crippen molar-refractivity contribution in [3.8, 4) is 11.4 Å². The molecule has 0 saturated heterocycles. The summed E-state index contributed by atoms with van der Waals surface area (Å²) in [6.07, 6.45) is 4.49. The highest BCUT2D eigenvalue weighted by molar-refractivity contribution is 5.57. The number of rotatable bonds is 3. The number of aromatic nitrogens is 2. The lowest BCUT2D eigenvalue weighted by atomic mass is 9.98. The largest absolute Gasteiger partial charge is 0.237 e. The zero-order chi connectivity index (χ0) is 13.8. The molecule has 0 aliphatic carbocycles. The van der Waals surface area contributed by atoms with E-state index in [9.17, 15) is 0 Å². The summed E-state index contributed by atoms with van der Waals surface area (Å²) < 4.78 is 0. The number of benzene rings is 2. The Kier molecular flexibility index (Phi) is 3.55. The molecule has 3 aromatic rings. The van der Waals surface area contributed by atoms with Gasteiger partial charge in [-0.15, -0.1) is 0 Å². The lowest BCUT2D eigenvalue weighted by Gasteiger charge is -2.08. The van der Waals surface area contributed by atoms with Crippen molar-refractivity contribution in [1.82, 2.24) is 9.97 Å². The fourth-order valence-corrected chi connectivity index (χ4v) is 2.26. The van der Waals surface area contributed by atoms with Crippen molar-refractivity contribution < 1.29 is 0 Å². The first-order valence-electron chi connectivity index (χ1n) is 6.74. The Labute approximate surface area is 119 Å². The van der Waals surface area contributed by atoms with E-state index < -0.39 is 0 Å². The molecular formula is C18H16N2. The molecule has 1 aromatic heterocycles. The highest BCUT2D eigenvalue weighted by atomic mass is 14.8. The third-order valence-corrected chi connectivity index (χ3v) is 3.41. The minimum absolute atomic E-state index is 0.779. The van der Waals surface area contributed by atoms with Crippen LogP contribution in [-0.2, 0) is 6.42 Å². The van der Waals surface area contributed by atoms with Gasteiger partial charge in [-0.05, 0) is 42.2 Å². The Morgan fingerprint density at radius 1 is 0.850 bits per heavy atom. The van der Waals surface area contributed by atoms with Crippen LogP contribution in [-0.4, -0.2) is 9.97 Å². The summed E-state index contributed by atoms with van der Waals surface area (Å²) in [5.41, 5.74) is 5.01. The Balaban J connectivity index is 1.95. The van der Waals surface area contributed by atoms with E-state index in [1.165, 1.54) is 16.7 Å². The third kappa shape index (κ3) is 2.75. The Hall–Kier alpha value is -2.48. The van der Waals surface area contributed by atoms with Gasteiger partial charge in [0.2, 0.25) is 0 Å². The second kappa shape index (κ2) is 5.66. The van der Waals surface area contributed by atoms with Crippen LogP contribution in [0.15, 0.2) is 67.0 Å². The zero-order valence-corrected chi connectivity index (χ0v) is 11.5. The molecule has 0 unspecified atom stereocenters. The minimum atomic E-state index is 0.779. The van der Waals surface area contributed by atoms with E-state index in [0.29, 0.717) is 0 Å². The SMILES string of the molecule is Cc1ccc(-c2ncccn2)cc1Cc1ccccc1. The van der Waals surface area contributed by atoms with E-state index in [1.807, 2.05) is 12.1 Å². The van der Waals surface area contributed by atoms with Crippen LogP contribution in [0.1, 0.15) is 16.7 Å². The van der Waals surface area contributed by atoms with Crippen LogP contribution in [0.3, 0.4) is 0 Å². The average molecular weight is 260 g/mol. The highest BCUT2D eigenvalue weighted by Crippen LogP contribution is 2.21. The number of hydrogen-bond acceptors (Lipinski definition) is 2. The predicted octanol–water partition coefficient (Wildman–Crippen LogP) is 4.04. The van der Waals surface area contributed by atoms with Crippen LogP contribution in [0.4, 0.5) is 0 Å². The van der Waals surface area contributed by atoms with Gasteiger partial charge in [-0.1, -0.05) is 42.5 Å². The second-order valence-corrected chi connectivity index (χ2v) is 4.88. The summed E-state index contributed by atoms with van der Waals surface area (Å²) >= 11 is 0. The molecule has 0 aliphatic heterocycles. The molecule has 0 aliphatic rings. The molecule has 0 N–H and O–H groups in total. The smallest absolute Gasteiger partial charge is 0.159 e. The molecule has 0 amide bonds. The van der Waals surface area contributed by atoms with Gasteiger partial charge < -0.3 is 0 Å². The van der Waals surface area contributed by atoms with Gasteiger partial charge in [0.25, 0.3) is 0 Å². The van der Waals surface area contributed by atoms with Crippen LogP contribution in [0.5, 0.6) is 0 Å². The van der Waals surface area contributed by atoms with Crippen molar-refractivity contribution in [1.29, 1.82) is 0 Å². The molecule has 2 nitrogen and oxygen atoms in total. The van der Waals surface area contributed by atoms with Gasteiger partial charge >= 0.3 is 0 Å². The van der Waals surface area contributed by atoms with Crippen LogP contribution >= 0.6 is 0 Å². The maximum Gasteiger partial charge on any atom is 0.159 e.